The summed E-state index contributed by atoms with van der Waals surface area (Å²) in [7, 11) is 0. The van der Waals surface area contributed by atoms with Gasteiger partial charge in [-0.25, -0.2) is 4.79 Å². The summed E-state index contributed by atoms with van der Waals surface area (Å²) in [5, 5.41) is 19.3. The number of hydrogen-bond donors (Lipinski definition) is 2. The molecule has 4 nitrogen and oxygen atoms in total. The molecule has 0 heterocycles. The van der Waals surface area contributed by atoms with Gasteiger partial charge in [-0.1, -0.05) is 75.6 Å². The molecule has 35 heavy (non-hydrogen) atoms. The summed E-state index contributed by atoms with van der Waals surface area (Å²) in [5.74, 6) is 5.14. The molecule has 2 N–H and O–H groups in total. The van der Waals surface area contributed by atoms with E-state index in [2.05, 4.69) is 67.0 Å². The maximum absolute atomic E-state index is 11.5. The molecule has 4 heteroatoms. The first-order valence-corrected chi connectivity index (χ1v) is 12.5. The van der Waals surface area contributed by atoms with E-state index in [0.717, 1.165) is 61.0 Å². The van der Waals surface area contributed by atoms with Crippen LogP contribution < -0.4 is 4.90 Å². The van der Waals surface area contributed by atoms with E-state index in [1.54, 1.807) is 12.1 Å². The van der Waals surface area contributed by atoms with Gasteiger partial charge in [-0.2, -0.15) is 0 Å². The van der Waals surface area contributed by atoms with Crippen LogP contribution in [-0.4, -0.2) is 22.7 Å². The summed E-state index contributed by atoms with van der Waals surface area (Å²) in [4.78, 5) is 13.7. The van der Waals surface area contributed by atoms with Gasteiger partial charge in [-0.3, -0.25) is 0 Å². The molecule has 3 aromatic rings. The van der Waals surface area contributed by atoms with E-state index in [4.69, 9.17) is 0 Å². The highest BCUT2D eigenvalue weighted by molar-refractivity contribution is 5.92. The van der Waals surface area contributed by atoms with Gasteiger partial charge in [0.05, 0.1) is 0 Å². The topological polar surface area (TPSA) is 60.8 Å². The smallest absolute Gasteiger partial charge is 0.339 e. The minimum Gasteiger partial charge on any atom is -0.507 e. The Morgan fingerprint density at radius 1 is 0.800 bits per heavy atom. The third-order valence-corrected chi connectivity index (χ3v) is 6.03. The van der Waals surface area contributed by atoms with Crippen LogP contribution in [0, 0.1) is 11.8 Å². The summed E-state index contributed by atoms with van der Waals surface area (Å²) in [5.41, 5.74) is 5.15. The third-order valence-electron chi connectivity index (χ3n) is 6.03. The fraction of sp³-hybridized carbons (Fsp3) is 0.323. The van der Waals surface area contributed by atoms with Crippen LogP contribution in [0.5, 0.6) is 5.75 Å². The van der Waals surface area contributed by atoms with Crippen LogP contribution in [0.4, 0.5) is 5.69 Å². The number of rotatable bonds is 11. The van der Waals surface area contributed by atoms with Crippen LogP contribution in [0.15, 0.2) is 66.7 Å². The Morgan fingerprint density at radius 2 is 1.43 bits per heavy atom. The molecule has 0 atom stereocenters. The molecule has 0 saturated heterocycles. The Morgan fingerprint density at radius 3 is 2.00 bits per heavy atom. The number of carbonyl (C=O) groups is 1. The van der Waals surface area contributed by atoms with Crippen molar-refractivity contribution >= 4 is 11.7 Å². The van der Waals surface area contributed by atoms with Gasteiger partial charge in [0.25, 0.3) is 0 Å². The zero-order valence-electron chi connectivity index (χ0n) is 20.8. The van der Waals surface area contributed by atoms with Gasteiger partial charge in [0.1, 0.15) is 11.3 Å². The Kier molecular flexibility index (Phi) is 9.80. The second-order valence-corrected chi connectivity index (χ2v) is 8.88. The van der Waals surface area contributed by atoms with E-state index >= 15 is 0 Å². The van der Waals surface area contributed by atoms with Crippen LogP contribution in [0.2, 0.25) is 0 Å². The highest BCUT2D eigenvalue weighted by Crippen LogP contribution is 2.26. The highest BCUT2D eigenvalue weighted by atomic mass is 16.4. The lowest BCUT2D eigenvalue weighted by molar-refractivity contribution is 0.0693. The minimum absolute atomic E-state index is 0.0746. The fourth-order valence-electron chi connectivity index (χ4n) is 4.02. The van der Waals surface area contributed by atoms with Crippen molar-refractivity contribution in [3.63, 3.8) is 0 Å². The standard InChI is InChI=1S/C31H35NO3/c1-3-5-6-7-21-32(28-19-20-30(33)29(22-28)31(34)35)23-27-17-15-26(16-18-27)14-13-25-11-9-24(8-4-2)10-12-25/h9-12,15-20,22,33H,3-8,21,23H2,1-2H3,(H,34,35). The molecule has 3 rings (SSSR count). The van der Waals surface area contributed by atoms with Gasteiger partial charge >= 0.3 is 5.97 Å². The quantitative estimate of drug-likeness (QED) is 0.234. The number of hydrogen-bond acceptors (Lipinski definition) is 3. The molecule has 0 aliphatic carbocycles. The van der Waals surface area contributed by atoms with Crippen LogP contribution in [0.1, 0.15) is 78.6 Å². The number of aromatic carboxylic acids is 1. The maximum Gasteiger partial charge on any atom is 0.339 e. The molecule has 0 radical (unpaired) electrons. The van der Waals surface area contributed by atoms with Gasteiger partial charge < -0.3 is 15.1 Å². The number of benzene rings is 3. The lowest BCUT2D eigenvalue weighted by Gasteiger charge is -2.25. The first kappa shape index (κ1) is 25.9. The number of carboxylic acid groups (broad SMARTS) is 1. The Labute approximate surface area is 209 Å². The number of nitrogens with zero attached hydrogens (tertiary/aromatic N) is 1. The van der Waals surface area contributed by atoms with Crippen molar-refractivity contribution in [2.45, 2.75) is 58.9 Å². The van der Waals surface area contributed by atoms with E-state index < -0.39 is 5.97 Å². The number of unbranched alkanes of at least 4 members (excludes halogenated alkanes) is 3. The molecule has 3 aromatic carbocycles. The normalized spacial score (nSPS) is 10.5. The number of aryl methyl sites for hydroxylation is 1. The third kappa shape index (κ3) is 7.93. The minimum atomic E-state index is -1.13. The van der Waals surface area contributed by atoms with E-state index in [9.17, 15) is 15.0 Å². The molecule has 0 aromatic heterocycles. The van der Waals surface area contributed by atoms with Gasteiger partial charge in [0.15, 0.2) is 0 Å². The second-order valence-electron chi connectivity index (χ2n) is 8.88. The first-order chi connectivity index (χ1) is 17.0. The van der Waals surface area contributed by atoms with Crippen molar-refractivity contribution in [2.24, 2.45) is 0 Å². The molecule has 0 saturated carbocycles. The Balaban J connectivity index is 1.73. The molecule has 0 spiro atoms. The fourth-order valence-corrected chi connectivity index (χ4v) is 4.02. The van der Waals surface area contributed by atoms with Gasteiger partial charge in [-0.05, 0) is 66.4 Å². The molecule has 0 amide bonds. The molecule has 0 aliphatic rings. The maximum atomic E-state index is 11.5. The van der Waals surface area contributed by atoms with Crippen LogP contribution in [0.25, 0.3) is 0 Å². The van der Waals surface area contributed by atoms with Crippen molar-refractivity contribution in [3.8, 4) is 17.6 Å². The Hall–Kier alpha value is -3.71. The molecule has 182 valence electrons. The zero-order valence-corrected chi connectivity index (χ0v) is 20.8. The number of phenols is 1. The lowest BCUT2D eigenvalue weighted by atomic mass is 10.1. The Bertz CT molecular complexity index is 1150. The SMILES string of the molecule is CCCCCCN(Cc1ccc(C#Cc2ccc(CCC)cc2)cc1)c1ccc(O)c(C(=O)O)c1. The monoisotopic (exact) mass is 469 g/mol. The predicted octanol–water partition coefficient (Wildman–Crippen LogP) is 7.03. The molecular weight excluding hydrogens is 434 g/mol. The van der Waals surface area contributed by atoms with E-state index in [-0.39, 0.29) is 11.3 Å². The molecule has 0 fully saturated rings. The van der Waals surface area contributed by atoms with Crippen molar-refractivity contribution in [1.82, 2.24) is 0 Å². The molecule has 0 unspecified atom stereocenters. The van der Waals surface area contributed by atoms with Crippen molar-refractivity contribution < 1.29 is 15.0 Å². The van der Waals surface area contributed by atoms with Crippen LogP contribution in [0.3, 0.4) is 0 Å². The number of carboxylic acids is 1. The average Bonchev–Trinajstić information content (AvgIpc) is 2.86. The summed E-state index contributed by atoms with van der Waals surface area (Å²) in [6.45, 7) is 5.84. The van der Waals surface area contributed by atoms with Crippen molar-refractivity contribution in [1.29, 1.82) is 0 Å². The second kappa shape index (κ2) is 13.2. The largest absolute Gasteiger partial charge is 0.507 e. The molecule has 0 aliphatic heterocycles. The van der Waals surface area contributed by atoms with Gasteiger partial charge in [0, 0.05) is 29.9 Å². The van der Waals surface area contributed by atoms with E-state index in [1.165, 1.54) is 18.1 Å². The highest BCUT2D eigenvalue weighted by Gasteiger charge is 2.14. The van der Waals surface area contributed by atoms with E-state index in [1.807, 2.05) is 12.1 Å². The average molecular weight is 470 g/mol. The summed E-state index contributed by atoms with van der Waals surface area (Å²) in [6.07, 6.45) is 6.72. The summed E-state index contributed by atoms with van der Waals surface area (Å²) < 4.78 is 0. The first-order valence-electron chi connectivity index (χ1n) is 12.5. The van der Waals surface area contributed by atoms with Crippen molar-refractivity contribution in [3.05, 3.63) is 94.5 Å². The summed E-state index contributed by atoms with van der Waals surface area (Å²) in [6, 6.07) is 21.5. The van der Waals surface area contributed by atoms with Gasteiger partial charge in [-0.15, -0.1) is 0 Å². The van der Waals surface area contributed by atoms with Crippen molar-refractivity contribution in [2.75, 3.05) is 11.4 Å². The number of aromatic hydroxyl groups is 1. The zero-order chi connectivity index (χ0) is 25.0. The molecule has 0 bridgehead atoms. The number of anilines is 1. The van der Waals surface area contributed by atoms with Crippen LogP contribution in [-0.2, 0) is 13.0 Å². The van der Waals surface area contributed by atoms with E-state index in [0.29, 0.717) is 6.54 Å². The summed E-state index contributed by atoms with van der Waals surface area (Å²) >= 11 is 0. The van der Waals surface area contributed by atoms with Crippen LogP contribution >= 0.6 is 0 Å². The molecular formula is C31H35NO3. The van der Waals surface area contributed by atoms with Gasteiger partial charge in [0.2, 0.25) is 0 Å². The lowest BCUT2D eigenvalue weighted by Crippen LogP contribution is -2.24. The predicted molar refractivity (Wildman–Crippen MR) is 143 cm³/mol.